The van der Waals surface area contributed by atoms with Crippen molar-refractivity contribution in [3.8, 4) is 5.75 Å². The minimum absolute atomic E-state index is 0.0930. The molecule has 1 fully saturated rings. The van der Waals surface area contributed by atoms with E-state index in [2.05, 4.69) is 10.3 Å². The number of rotatable bonds is 5. The second-order valence-electron chi connectivity index (χ2n) is 4.66. The number of pyridine rings is 1. The topological polar surface area (TPSA) is 85.7 Å². The van der Waals surface area contributed by atoms with E-state index < -0.39 is 0 Å². The van der Waals surface area contributed by atoms with Crippen LogP contribution in [-0.4, -0.2) is 58.3 Å². The van der Waals surface area contributed by atoms with Crippen LogP contribution in [0.1, 0.15) is 23.2 Å². The highest BCUT2D eigenvalue weighted by atomic mass is 16.3. The first-order chi connectivity index (χ1) is 9.22. The number of hydrogen-bond acceptors (Lipinski definition) is 5. The van der Waals surface area contributed by atoms with Gasteiger partial charge in [0, 0.05) is 25.3 Å². The molecule has 0 aliphatic carbocycles. The lowest BCUT2D eigenvalue weighted by atomic mass is 10.1. The highest BCUT2D eigenvalue weighted by molar-refractivity contribution is 5.96. The number of nitrogens with one attached hydrogen (secondary N) is 1. The number of amides is 1. The Kier molecular flexibility index (Phi) is 4.70. The molecule has 3 N–H and O–H groups in total. The molecule has 1 amide bonds. The summed E-state index contributed by atoms with van der Waals surface area (Å²) in [6, 6.07) is 1.75. The van der Waals surface area contributed by atoms with E-state index >= 15 is 0 Å². The van der Waals surface area contributed by atoms with Gasteiger partial charge in [-0.15, -0.1) is 0 Å². The molecule has 0 aromatic carbocycles. The fraction of sp³-hybridized carbons (Fsp3) is 0.538. The summed E-state index contributed by atoms with van der Waals surface area (Å²) in [7, 11) is 0. The van der Waals surface area contributed by atoms with Crippen molar-refractivity contribution >= 4 is 5.91 Å². The van der Waals surface area contributed by atoms with E-state index in [0.717, 1.165) is 19.4 Å². The maximum atomic E-state index is 12.3. The minimum atomic E-state index is -0.275. The molecule has 104 valence electrons. The summed E-state index contributed by atoms with van der Waals surface area (Å²) in [5.41, 5.74) is 0.224. The summed E-state index contributed by atoms with van der Waals surface area (Å²) >= 11 is 0. The van der Waals surface area contributed by atoms with Crippen LogP contribution in [0.25, 0.3) is 0 Å². The van der Waals surface area contributed by atoms with Gasteiger partial charge in [0.15, 0.2) is 0 Å². The van der Waals surface area contributed by atoms with Crippen LogP contribution in [0.15, 0.2) is 18.5 Å². The predicted molar refractivity (Wildman–Crippen MR) is 69.9 cm³/mol. The lowest BCUT2D eigenvalue weighted by Crippen LogP contribution is -2.42. The number of hydrogen-bond donors (Lipinski definition) is 3. The van der Waals surface area contributed by atoms with Gasteiger partial charge in [-0.05, 0) is 25.5 Å². The Morgan fingerprint density at radius 1 is 1.58 bits per heavy atom. The molecule has 19 heavy (non-hydrogen) atoms. The standard InChI is InChI=1S/C13H19N3O3/c17-7-6-16(9-10-2-1-4-15-10)13(19)11-3-5-14-8-12(11)18/h3,5,8,10,15,17-18H,1-2,4,6-7,9H2. The van der Waals surface area contributed by atoms with E-state index in [0.29, 0.717) is 6.54 Å². The van der Waals surface area contributed by atoms with Gasteiger partial charge in [0.05, 0.1) is 18.4 Å². The molecule has 6 nitrogen and oxygen atoms in total. The Balaban J connectivity index is 2.09. The normalized spacial score (nSPS) is 18.5. The minimum Gasteiger partial charge on any atom is -0.505 e. The van der Waals surface area contributed by atoms with Gasteiger partial charge in [-0.25, -0.2) is 0 Å². The number of aromatic hydroxyl groups is 1. The van der Waals surface area contributed by atoms with Crippen molar-refractivity contribution in [2.75, 3.05) is 26.2 Å². The van der Waals surface area contributed by atoms with Crippen LogP contribution >= 0.6 is 0 Å². The molecule has 0 spiro atoms. The van der Waals surface area contributed by atoms with Crippen LogP contribution in [0.2, 0.25) is 0 Å². The smallest absolute Gasteiger partial charge is 0.257 e. The van der Waals surface area contributed by atoms with Gasteiger partial charge >= 0.3 is 0 Å². The Bertz CT molecular complexity index is 433. The molecule has 1 atom stereocenters. The highest BCUT2D eigenvalue weighted by Crippen LogP contribution is 2.17. The molecule has 1 aliphatic rings. The summed E-state index contributed by atoms with van der Waals surface area (Å²) in [5.74, 6) is -0.405. The number of nitrogens with zero attached hydrogens (tertiary/aromatic N) is 2. The van der Waals surface area contributed by atoms with Gasteiger partial charge in [-0.1, -0.05) is 0 Å². The van der Waals surface area contributed by atoms with E-state index in [1.807, 2.05) is 0 Å². The van der Waals surface area contributed by atoms with Gasteiger partial charge in [0.25, 0.3) is 5.91 Å². The maximum Gasteiger partial charge on any atom is 0.257 e. The molecule has 0 bridgehead atoms. The highest BCUT2D eigenvalue weighted by Gasteiger charge is 2.23. The second kappa shape index (κ2) is 6.49. The van der Waals surface area contributed by atoms with Crippen molar-refractivity contribution in [3.05, 3.63) is 24.0 Å². The summed E-state index contributed by atoms with van der Waals surface area (Å²) in [6.07, 6.45) is 4.85. The first-order valence-electron chi connectivity index (χ1n) is 6.49. The molecule has 1 aromatic rings. The third-order valence-electron chi connectivity index (χ3n) is 3.29. The maximum absolute atomic E-state index is 12.3. The van der Waals surface area contributed by atoms with Gasteiger partial charge in [0.1, 0.15) is 5.75 Å². The molecule has 2 rings (SSSR count). The average Bonchev–Trinajstić information content (AvgIpc) is 2.91. The molecule has 2 heterocycles. The summed E-state index contributed by atoms with van der Waals surface area (Å²) in [6.45, 7) is 1.68. The third kappa shape index (κ3) is 3.42. The molecule has 1 unspecified atom stereocenters. The van der Waals surface area contributed by atoms with Crippen LogP contribution < -0.4 is 5.32 Å². The van der Waals surface area contributed by atoms with Crippen LogP contribution in [-0.2, 0) is 0 Å². The van der Waals surface area contributed by atoms with Crippen LogP contribution in [0.4, 0.5) is 0 Å². The second-order valence-corrected chi connectivity index (χ2v) is 4.66. The summed E-state index contributed by atoms with van der Waals surface area (Å²) < 4.78 is 0. The van der Waals surface area contributed by atoms with Gasteiger partial charge in [-0.3, -0.25) is 9.78 Å². The van der Waals surface area contributed by atoms with Crippen LogP contribution in [0.3, 0.4) is 0 Å². The van der Waals surface area contributed by atoms with Crippen molar-refractivity contribution in [1.29, 1.82) is 0 Å². The predicted octanol–water partition coefficient (Wildman–Crippen LogP) is -0.0263. The van der Waals surface area contributed by atoms with Gasteiger partial charge in [0.2, 0.25) is 0 Å². The molecule has 6 heteroatoms. The number of carbonyl (C=O) groups is 1. The van der Waals surface area contributed by atoms with Crippen molar-refractivity contribution < 1.29 is 15.0 Å². The molecular formula is C13H19N3O3. The fourth-order valence-corrected chi connectivity index (χ4v) is 2.31. The number of aliphatic hydroxyl groups is 1. The third-order valence-corrected chi connectivity index (χ3v) is 3.29. The zero-order chi connectivity index (χ0) is 13.7. The summed E-state index contributed by atoms with van der Waals surface area (Å²) in [5, 5.41) is 22.1. The Labute approximate surface area is 112 Å². The van der Waals surface area contributed by atoms with Crippen molar-refractivity contribution in [3.63, 3.8) is 0 Å². The first kappa shape index (κ1) is 13.8. The van der Waals surface area contributed by atoms with E-state index in [1.165, 1.54) is 18.5 Å². The number of carbonyl (C=O) groups excluding carboxylic acids is 1. The van der Waals surface area contributed by atoms with E-state index in [-0.39, 0.29) is 36.4 Å². The monoisotopic (exact) mass is 265 g/mol. The molecular weight excluding hydrogens is 246 g/mol. The molecule has 0 radical (unpaired) electrons. The molecule has 1 aromatic heterocycles. The van der Waals surface area contributed by atoms with Gasteiger partial charge in [-0.2, -0.15) is 0 Å². The van der Waals surface area contributed by atoms with E-state index in [9.17, 15) is 9.90 Å². The lowest BCUT2D eigenvalue weighted by Gasteiger charge is -2.25. The number of aromatic nitrogens is 1. The zero-order valence-corrected chi connectivity index (χ0v) is 10.7. The van der Waals surface area contributed by atoms with E-state index in [4.69, 9.17) is 5.11 Å². The van der Waals surface area contributed by atoms with Crippen LogP contribution in [0.5, 0.6) is 5.75 Å². The van der Waals surface area contributed by atoms with Crippen molar-refractivity contribution in [1.82, 2.24) is 15.2 Å². The molecule has 1 aliphatic heterocycles. The zero-order valence-electron chi connectivity index (χ0n) is 10.7. The van der Waals surface area contributed by atoms with Crippen LogP contribution in [0, 0.1) is 0 Å². The SMILES string of the molecule is O=C(c1ccncc1O)N(CCO)CC1CCCN1. The lowest BCUT2D eigenvalue weighted by molar-refractivity contribution is 0.0703. The largest absolute Gasteiger partial charge is 0.505 e. The van der Waals surface area contributed by atoms with Crippen molar-refractivity contribution in [2.45, 2.75) is 18.9 Å². The van der Waals surface area contributed by atoms with Crippen molar-refractivity contribution in [2.24, 2.45) is 0 Å². The Morgan fingerprint density at radius 3 is 3.05 bits per heavy atom. The quantitative estimate of drug-likeness (QED) is 0.696. The Morgan fingerprint density at radius 2 is 2.42 bits per heavy atom. The summed E-state index contributed by atoms with van der Waals surface area (Å²) in [4.78, 5) is 17.7. The average molecular weight is 265 g/mol. The first-order valence-corrected chi connectivity index (χ1v) is 6.49. The van der Waals surface area contributed by atoms with E-state index in [1.54, 1.807) is 4.90 Å². The molecule has 1 saturated heterocycles. The number of aliphatic hydroxyl groups excluding tert-OH is 1. The Hall–Kier alpha value is -1.66. The van der Waals surface area contributed by atoms with Gasteiger partial charge < -0.3 is 20.4 Å². The molecule has 0 saturated carbocycles. The fourth-order valence-electron chi connectivity index (χ4n) is 2.31.